The van der Waals surface area contributed by atoms with E-state index < -0.39 is 150 Å². The zero-order valence-electron chi connectivity index (χ0n) is 33.9. The van der Waals surface area contributed by atoms with Crippen molar-refractivity contribution in [3.8, 4) is 5.75 Å². The van der Waals surface area contributed by atoms with Gasteiger partial charge in [-0.05, 0) is 18.6 Å². The maximum absolute atomic E-state index is 15.4. The minimum Gasteiger partial charge on any atom is -0.418 e. The molecule has 364 valence electrons. The second kappa shape index (κ2) is 19.7. The number of carbonyl (C=O) groups excluding carboxylic acids is 2. The number of aryl methyl sites for hydroxylation is 1. The summed E-state index contributed by atoms with van der Waals surface area (Å²) >= 11 is 0. The average Bonchev–Trinajstić information content (AvgIpc) is 3.35. The molecule has 70 heavy (non-hydrogen) atoms. The number of aromatic nitrogens is 2. The van der Waals surface area contributed by atoms with Crippen molar-refractivity contribution in [2.45, 2.75) is 13.5 Å². The number of para-hydroxylation sites is 1. The molecule has 7 rings (SSSR count). The molecule has 0 atom stereocenters. The molecule has 0 radical (unpaired) electrons. The largest absolute Gasteiger partial charge is 0.418 e. The molecule has 7 aromatic rings. The fraction of sp³-hybridized carbons (Fsp3) is 0.0455. The third-order valence-corrected chi connectivity index (χ3v) is 10.5. The summed E-state index contributed by atoms with van der Waals surface area (Å²) in [5.41, 5.74) is -12.7. The van der Waals surface area contributed by atoms with Gasteiger partial charge in [-0.15, -0.1) is 21.9 Å². The monoisotopic (exact) mass is 1010 g/mol. The molecule has 0 aliphatic heterocycles. The Bertz CT molecular complexity index is 2900. The number of benzene rings is 6. The van der Waals surface area contributed by atoms with Crippen LogP contribution in [0.15, 0.2) is 73.2 Å². The number of ether oxygens (including phenoxy) is 1. The number of hydrogen-bond donors (Lipinski definition) is 0. The van der Waals surface area contributed by atoms with Gasteiger partial charge in [0.05, 0.1) is 6.20 Å². The molecule has 0 unspecified atom stereocenters. The lowest BCUT2D eigenvalue weighted by Crippen LogP contribution is -2.81. The van der Waals surface area contributed by atoms with Gasteiger partial charge in [-0.1, -0.05) is 48.5 Å². The number of ketones is 1. The van der Waals surface area contributed by atoms with Gasteiger partial charge in [0, 0.05) is 5.56 Å². The second-order valence-electron chi connectivity index (χ2n) is 14.3. The van der Waals surface area contributed by atoms with Crippen molar-refractivity contribution in [2.24, 2.45) is 0 Å². The quantitative estimate of drug-likeness (QED) is 0.0213. The van der Waals surface area contributed by atoms with E-state index >= 15 is 35.1 Å². The van der Waals surface area contributed by atoms with E-state index in [1.807, 2.05) is 25.1 Å². The van der Waals surface area contributed by atoms with Gasteiger partial charge in [0.15, 0.2) is 76.0 Å². The van der Waals surface area contributed by atoms with Crippen LogP contribution >= 0.6 is 0 Å². The standard InChI is InChI=1S/C24BF20.C20H17N2O3/c26-5-1(6(27)14(35)21(42)13(5)34)25(2-7(28)15(36)22(43)16(37)8(2)29,3-9(30)17(38)23(44)18(39)10(3)31)4-11(32)19(40)24(45)20(41)12(4)33;1-15-7-5-6-10-19(15)25-20(24)17-13-21-11-12-22(17)14-18(23)16-8-3-2-4-9-16/h;2-13H,14H2,1H3/q-1;+1. The van der Waals surface area contributed by atoms with Gasteiger partial charge < -0.3 is 4.74 Å². The van der Waals surface area contributed by atoms with E-state index in [2.05, 4.69) is 4.98 Å². The maximum atomic E-state index is 15.4. The lowest BCUT2D eigenvalue weighted by molar-refractivity contribution is -0.686. The van der Waals surface area contributed by atoms with Crippen LogP contribution in [0.4, 0.5) is 87.8 Å². The highest BCUT2D eigenvalue weighted by Gasteiger charge is 2.52. The van der Waals surface area contributed by atoms with Gasteiger partial charge in [0.2, 0.25) is 12.3 Å². The summed E-state index contributed by atoms with van der Waals surface area (Å²) in [5, 5.41) is 0. The van der Waals surface area contributed by atoms with Crippen LogP contribution in [0.5, 0.6) is 5.75 Å². The molecule has 0 bridgehead atoms. The predicted molar refractivity (Wildman–Crippen MR) is 201 cm³/mol. The van der Waals surface area contributed by atoms with E-state index in [4.69, 9.17) is 4.74 Å². The number of esters is 1. The lowest BCUT2D eigenvalue weighted by atomic mass is 9.12. The molecule has 1 aromatic heterocycles. The Morgan fingerprint density at radius 1 is 0.457 bits per heavy atom. The number of halogens is 20. The number of rotatable bonds is 9. The van der Waals surface area contributed by atoms with Crippen LogP contribution < -0.4 is 31.2 Å². The smallest absolute Gasteiger partial charge is 0.410 e. The predicted octanol–water partition coefficient (Wildman–Crippen LogP) is 8.63. The second-order valence-corrected chi connectivity index (χ2v) is 14.3. The average molecular weight is 1010 g/mol. The van der Waals surface area contributed by atoms with Crippen molar-refractivity contribution in [2.75, 3.05) is 0 Å². The first-order chi connectivity index (χ1) is 32.8. The van der Waals surface area contributed by atoms with Crippen LogP contribution in [0.2, 0.25) is 0 Å². The number of hydrogen-bond acceptors (Lipinski definition) is 4. The normalized spacial score (nSPS) is 11.4. The SMILES string of the molecule is Cc1ccccc1OC(=O)c1cncc[n+]1CC(=O)c1ccccc1.Fc1c(F)c(F)c([B-](c2c(F)c(F)c(F)c(F)c2F)(c2c(F)c(F)c(F)c(F)c2F)c2c(F)c(F)c(F)c(F)c2F)c(F)c1F. The Labute approximate surface area is 376 Å². The molecule has 0 saturated heterocycles. The van der Waals surface area contributed by atoms with Crippen molar-refractivity contribution in [1.29, 1.82) is 0 Å². The summed E-state index contributed by atoms with van der Waals surface area (Å²) < 4.78 is 301. The first-order valence-corrected chi connectivity index (χ1v) is 18.8. The van der Waals surface area contributed by atoms with E-state index in [1.165, 1.54) is 12.4 Å². The third-order valence-electron chi connectivity index (χ3n) is 10.5. The van der Waals surface area contributed by atoms with E-state index in [9.17, 15) is 62.3 Å². The fourth-order valence-corrected chi connectivity index (χ4v) is 7.26. The molecule has 0 aliphatic carbocycles. The van der Waals surface area contributed by atoms with Gasteiger partial charge in [-0.2, -0.15) is 4.57 Å². The molecule has 0 N–H and O–H groups in total. The van der Waals surface area contributed by atoms with Crippen LogP contribution in [0.1, 0.15) is 26.4 Å². The lowest BCUT2D eigenvalue weighted by Gasteiger charge is -2.44. The van der Waals surface area contributed by atoms with Crippen LogP contribution in [-0.2, 0) is 6.54 Å². The molecule has 0 aliphatic rings. The van der Waals surface area contributed by atoms with Gasteiger partial charge in [0.1, 0.15) is 64.6 Å². The van der Waals surface area contributed by atoms with Crippen molar-refractivity contribution in [3.63, 3.8) is 0 Å². The number of carbonyl (C=O) groups is 2. The molecule has 0 amide bonds. The molecule has 26 heteroatoms. The van der Waals surface area contributed by atoms with Crippen molar-refractivity contribution < 1.29 is 107 Å². The molecular formula is C44H17BF20N2O3. The molecule has 0 saturated carbocycles. The molecule has 0 spiro atoms. The number of Topliss-reactive ketones (excluding diaryl/α,β-unsaturated/α-hetero) is 1. The van der Waals surface area contributed by atoms with Crippen LogP contribution in [-0.4, -0.2) is 22.9 Å². The molecule has 5 nitrogen and oxygen atoms in total. The maximum Gasteiger partial charge on any atom is 0.410 e. The topological polar surface area (TPSA) is 60.1 Å². The van der Waals surface area contributed by atoms with Gasteiger partial charge in [-0.3, -0.25) is 9.78 Å². The molecule has 1 heterocycles. The van der Waals surface area contributed by atoms with Crippen LogP contribution in [0.25, 0.3) is 0 Å². The zero-order chi connectivity index (χ0) is 52.0. The van der Waals surface area contributed by atoms with Crippen molar-refractivity contribution >= 4 is 39.7 Å². The first-order valence-electron chi connectivity index (χ1n) is 18.8. The summed E-state index contributed by atoms with van der Waals surface area (Å²) in [6.45, 7) is 1.89. The number of nitrogens with zero attached hydrogens (tertiary/aromatic N) is 2. The molecular weight excluding hydrogens is 995 g/mol. The van der Waals surface area contributed by atoms with Crippen molar-refractivity contribution in [1.82, 2.24) is 4.98 Å². The Balaban J connectivity index is 0.000000270. The fourth-order valence-electron chi connectivity index (χ4n) is 7.26. The molecule has 0 fully saturated rings. The summed E-state index contributed by atoms with van der Waals surface area (Å²) in [7, 11) is 0. The zero-order valence-corrected chi connectivity index (χ0v) is 33.9. The van der Waals surface area contributed by atoms with E-state index in [0.29, 0.717) is 11.3 Å². The van der Waals surface area contributed by atoms with Crippen LogP contribution in [0.3, 0.4) is 0 Å². The Morgan fingerprint density at radius 2 is 0.771 bits per heavy atom. The summed E-state index contributed by atoms with van der Waals surface area (Å²) in [6.07, 6.45) is -2.69. The van der Waals surface area contributed by atoms with Crippen LogP contribution in [0, 0.1) is 123 Å². The highest BCUT2D eigenvalue weighted by molar-refractivity contribution is 7.20. The highest BCUT2D eigenvalue weighted by Crippen LogP contribution is 2.31. The Kier molecular flexibility index (Phi) is 14.5. The van der Waals surface area contributed by atoms with E-state index in [1.54, 1.807) is 47.2 Å². The summed E-state index contributed by atoms with van der Waals surface area (Å²) in [6, 6.07) is 16.2. The minimum atomic E-state index is -7.22. The van der Waals surface area contributed by atoms with Gasteiger partial charge >= 0.3 is 11.7 Å². The summed E-state index contributed by atoms with van der Waals surface area (Å²) in [4.78, 5) is 28.9. The van der Waals surface area contributed by atoms with E-state index in [0.717, 1.165) is 5.56 Å². The third kappa shape index (κ3) is 8.43. The Hall–Kier alpha value is -7.80. The van der Waals surface area contributed by atoms with E-state index in [-0.39, 0.29) is 18.0 Å². The highest BCUT2D eigenvalue weighted by atomic mass is 19.2. The van der Waals surface area contributed by atoms with Crippen molar-refractivity contribution in [3.05, 3.63) is 206 Å². The molecule has 6 aromatic carbocycles. The Morgan fingerprint density at radius 3 is 1.11 bits per heavy atom. The van der Waals surface area contributed by atoms with Gasteiger partial charge in [0.25, 0.3) is 0 Å². The van der Waals surface area contributed by atoms with Gasteiger partial charge in [-0.25, -0.2) is 92.6 Å². The minimum absolute atomic E-state index is 0.0325. The first kappa shape index (κ1) is 51.6. The summed E-state index contributed by atoms with van der Waals surface area (Å²) in [5.74, 6) is -71.6.